The third-order valence-electron chi connectivity index (χ3n) is 12.4. The van der Waals surface area contributed by atoms with E-state index in [-0.39, 0.29) is 52.0 Å². The molecule has 6 aliphatic rings. The average molecular weight is 527 g/mol. The van der Waals surface area contributed by atoms with E-state index in [4.69, 9.17) is 14.2 Å². The van der Waals surface area contributed by atoms with E-state index < -0.39 is 16.8 Å². The molecule has 2 saturated carbocycles. The monoisotopic (exact) mass is 526 g/mol. The number of allylic oxidation sites excluding steroid dienone is 3. The zero-order valence-corrected chi connectivity index (χ0v) is 24.4. The number of hydrogen-bond donors (Lipinski definition) is 1. The molecule has 6 nitrogen and oxygen atoms in total. The van der Waals surface area contributed by atoms with Crippen LogP contribution in [0.1, 0.15) is 87.5 Å². The number of esters is 1. The molecule has 210 valence electrons. The number of fused-ring (bicyclic) bond motifs is 6. The van der Waals surface area contributed by atoms with Gasteiger partial charge >= 0.3 is 5.97 Å². The van der Waals surface area contributed by atoms with Crippen LogP contribution in [-0.2, 0) is 23.8 Å². The quantitative estimate of drug-likeness (QED) is 0.302. The summed E-state index contributed by atoms with van der Waals surface area (Å²) in [6, 6.07) is 0. The third-order valence-corrected chi connectivity index (χ3v) is 12.4. The lowest BCUT2D eigenvalue weighted by Gasteiger charge is -2.66. The minimum Gasteiger partial charge on any atom is -0.462 e. The van der Waals surface area contributed by atoms with Gasteiger partial charge < -0.3 is 19.3 Å². The molecule has 0 amide bonds. The van der Waals surface area contributed by atoms with Crippen LogP contribution in [0.5, 0.6) is 0 Å². The number of epoxide rings is 1. The summed E-state index contributed by atoms with van der Waals surface area (Å²) >= 11 is 0. The Kier molecular flexibility index (Phi) is 5.50. The van der Waals surface area contributed by atoms with Gasteiger partial charge in [0, 0.05) is 17.8 Å². The number of carbonyl (C=O) groups is 2. The number of hydrogen-bond acceptors (Lipinski definition) is 6. The molecule has 0 aromatic carbocycles. The van der Waals surface area contributed by atoms with Crippen LogP contribution < -0.4 is 0 Å². The lowest BCUT2D eigenvalue weighted by atomic mass is 9.38. The van der Waals surface area contributed by atoms with Gasteiger partial charge in [-0.1, -0.05) is 52.3 Å². The molecule has 0 aromatic heterocycles. The van der Waals surface area contributed by atoms with Gasteiger partial charge in [0.05, 0.1) is 6.61 Å². The fraction of sp³-hybridized carbons (Fsp3) is 0.812. The Morgan fingerprint density at radius 2 is 1.84 bits per heavy atom. The first-order chi connectivity index (χ1) is 17.5. The summed E-state index contributed by atoms with van der Waals surface area (Å²) in [5.41, 5.74) is -0.545. The van der Waals surface area contributed by atoms with Crippen LogP contribution in [0.15, 0.2) is 23.8 Å². The molecule has 2 heterocycles. The van der Waals surface area contributed by atoms with Crippen LogP contribution in [0.3, 0.4) is 0 Å². The van der Waals surface area contributed by atoms with E-state index in [0.29, 0.717) is 24.9 Å². The van der Waals surface area contributed by atoms with Gasteiger partial charge in [-0.25, -0.2) is 0 Å². The van der Waals surface area contributed by atoms with E-state index in [1.165, 1.54) is 12.5 Å². The van der Waals surface area contributed by atoms with Crippen molar-refractivity contribution in [2.24, 2.45) is 45.3 Å². The van der Waals surface area contributed by atoms with Gasteiger partial charge in [0.15, 0.2) is 5.78 Å². The lowest BCUT2D eigenvalue weighted by molar-refractivity contribution is -0.192. The summed E-state index contributed by atoms with van der Waals surface area (Å²) < 4.78 is 18.5. The number of carbonyl (C=O) groups excluding carboxylic acids is 2. The molecule has 2 aliphatic heterocycles. The summed E-state index contributed by atoms with van der Waals surface area (Å²) in [6.07, 6.45) is 10.8. The molecule has 4 aliphatic carbocycles. The fourth-order valence-corrected chi connectivity index (χ4v) is 10.4. The number of aliphatic hydroxyl groups is 1. The average Bonchev–Trinajstić information content (AvgIpc) is 3.46. The molecule has 6 heteroatoms. The maximum absolute atomic E-state index is 13.0. The van der Waals surface area contributed by atoms with E-state index in [9.17, 15) is 14.7 Å². The van der Waals surface area contributed by atoms with Gasteiger partial charge in [-0.2, -0.15) is 0 Å². The van der Waals surface area contributed by atoms with Gasteiger partial charge in [0.25, 0.3) is 0 Å². The highest BCUT2D eigenvalue weighted by Gasteiger charge is 2.72. The zero-order chi connectivity index (χ0) is 27.7. The summed E-state index contributed by atoms with van der Waals surface area (Å²) in [5, 5.41) is 10.6. The summed E-state index contributed by atoms with van der Waals surface area (Å²) in [4.78, 5) is 25.5. The lowest BCUT2D eigenvalue weighted by Crippen LogP contribution is -2.64. The highest BCUT2D eigenvalue weighted by atomic mass is 16.8. The Labute approximate surface area is 227 Å². The molecule has 10 unspecified atom stereocenters. The molecule has 0 spiro atoms. The van der Waals surface area contributed by atoms with Crippen molar-refractivity contribution in [1.82, 2.24) is 0 Å². The van der Waals surface area contributed by atoms with Crippen molar-refractivity contribution in [1.29, 1.82) is 0 Å². The van der Waals surface area contributed by atoms with Crippen molar-refractivity contribution in [2.75, 3.05) is 6.61 Å². The molecule has 0 aromatic rings. The largest absolute Gasteiger partial charge is 0.462 e. The van der Waals surface area contributed by atoms with Crippen LogP contribution in [0.2, 0.25) is 0 Å². The SMILES string of the molecule is CC(=O)OC1CC2C(C)(C)C(=O)C=CC2(C)C2CCC3(C)C(=CCC3C3COC4(C(C)(C)O)OC4C3)C12C. The van der Waals surface area contributed by atoms with Crippen LogP contribution in [0, 0.1) is 45.3 Å². The molecule has 0 radical (unpaired) electrons. The first-order valence-electron chi connectivity index (χ1n) is 14.7. The predicted octanol–water partition coefficient (Wildman–Crippen LogP) is 5.38. The first-order valence-corrected chi connectivity index (χ1v) is 14.7. The Morgan fingerprint density at radius 1 is 1.13 bits per heavy atom. The first kappa shape index (κ1) is 26.7. The van der Waals surface area contributed by atoms with E-state index in [1.807, 2.05) is 6.08 Å². The fourth-order valence-electron chi connectivity index (χ4n) is 10.4. The Bertz CT molecular complexity index is 1130. The molecule has 6 rings (SSSR count). The highest BCUT2D eigenvalue weighted by molar-refractivity contribution is 5.95. The number of ketones is 1. The van der Waals surface area contributed by atoms with Crippen molar-refractivity contribution in [3.8, 4) is 0 Å². The highest BCUT2D eigenvalue weighted by Crippen LogP contribution is 2.73. The second kappa shape index (κ2) is 7.82. The summed E-state index contributed by atoms with van der Waals surface area (Å²) in [5.74, 6) is 0.236. The normalized spacial score (nSPS) is 50.8. The van der Waals surface area contributed by atoms with Crippen LogP contribution in [0.4, 0.5) is 0 Å². The molecule has 2 saturated heterocycles. The standard InChI is InChI=1S/C32H46O6/c1-18(33)37-25-16-23-27(2,3)24(34)12-14-30(23,7)22-11-13-29(6)20(9-10-21(29)31(22,25)8)19-15-26-32(38-26,36-17-19)28(4,5)35/h10,12,14,19-20,22-23,25-26,35H,9,11,13,15-17H2,1-8H3. The van der Waals surface area contributed by atoms with E-state index in [2.05, 4.69) is 46.8 Å². The van der Waals surface area contributed by atoms with Crippen LogP contribution in [0.25, 0.3) is 0 Å². The maximum Gasteiger partial charge on any atom is 0.302 e. The second-order valence-corrected chi connectivity index (χ2v) is 15.1. The molecular formula is C32H46O6. The van der Waals surface area contributed by atoms with Gasteiger partial charge in [-0.15, -0.1) is 0 Å². The Hall–Kier alpha value is -1.50. The number of rotatable bonds is 3. The number of ether oxygens (including phenoxy) is 3. The van der Waals surface area contributed by atoms with Crippen LogP contribution >= 0.6 is 0 Å². The van der Waals surface area contributed by atoms with Crippen molar-refractivity contribution >= 4 is 11.8 Å². The van der Waals surface area contributed by atoms with E-state index in [0.717, 1.165) is 25.7 Å². The van der Waals surface area contributed by atoms with Gasteiger partial charge in [-0.3, -0.25) is 9.59 Å². The molecule has 1 N–H and O–H groups in total. The maximum atomic E-state index is 13.0. The van der Waals surface area contributed by atoms with Crippen LogP contribution in [-0.4, -0.2) is 47.1 Å². The smallest absolute Gasteiger partial charge is 0.302 e. The Balaban J connectivity index is 1.35. The zero-order valence-electron chi connectivity index (χ0n) is 24.4. The predicted molar refractivity (Wildman–Crippen MR) is 143 cm³/mol. The molecule has 0 bridgehead atoms. The molecular weight excluding hydrogens is 480 g/mol. The third kappa shape index (κ3) is 3.23. The molecule has 4 fully saturated rings. The second-order valence-electron chi connectivity index (χ2n) is 15.1. The van der Waals surface area contributed by atoms with Gasteiger partial charge in [-0.05, 0) is 86.5 Å². The topological polar surface area (TPSA) is 85.4 Å². The van der Waals surface area contributed by atoms with Crippen molar-refractivity contribution in [3.05, 3.63) is 23.8 Å². The summed E-state index contributed by atoms with van der Waals surface area (Å²) in [6.45, 7) is 16.9. The van der Waals surface area contributed by atoms with Crippen molar-refractivity contribution in [2.45, 2.75) is 111 Å². The van der Waals surface area contributed by atoms with Gasteiger partial charge in [0.1, 0.15) is 17.8 Å². The van der Waals surface area contributed by atoms with E-state index in [1.54, 1.807) is 13.8 Å². The van der Waals surface area contributed by atoms with E-state index >= 15 is 0 Å². The minimum atomic E-state index is -1.02. The molecule has 38 heavy (non-hydrogen) atoms. The van der Waals surface area contributed by atoms with Crippen molar-refractivity contribution < 1.29 is 28.9 Å². The van der Waals surface area contributed by atoms with Crippen molar-refractivity contribution in [3.63, 3.8) is 0 Å². The summed E-state index contributed by atoms with van der Waals surface area (Å²) in [7, 11) is 0. The van der Waals surface area contributed by atoms with Gasteiger partial charge in [0.2, 0.25) is 5.79 Å². The molecule has 10 atom stereocenters. The Morgan fingerprint density at radius 3 is 2.47 bits per heavy atom. The minimum absolute atomic E-state index is 0.0196.